The third kappa shape index (κ3) is 16.6. The Morgan fingerprint density at radius 3 is 1.93 bits per heavy atom. The zero-order valence-corrected chi connectivity index (χ0v) is 7.16. The molecule has 0 aromatic heterocycles. The molecule has 82 valence electrons. The molecule has 1 unspecified atom stereocenters. The number of carbonyl (C=O) groups is 2. The molecule has 0 spiro atoms. The van der Waals surface area contributed by atoms with Crippen molar-refractivity contribution in [1.29, 1.82) is 0 Å². The minimum absolute atomic E-state index is 0.0213. The molecule has 14 heavy (non-hydrogen) atoms. The van der Waals surface area contributed by atoms with E-state index in [1.54, 1.807) is 0 Å². The molecule has 0 heterocycles. The van der Waals surface area contributed by atoms with Crippen molar-refractivity contribution < 1.29 is 30.2 Å². The Kier molecular flexibility index (Phi) is 8.07. The van der Waals surface area contributed by atoms with E-state index >= 15 is 0 Å². The average molecular weight is 210 g/mol. The summed E-state index contributed by atoms with van der Waals surface area (Å²) < 4.78 is 0. The lowest BCUT2D eigenvalue weighted by Gasteiger charge is -2.01. The lowest BCUT2D eigenvalue weighted by molar-refractivity contribution is -0.969. The van der Waals surface area contributed by atoms with Gasteiger partial charge < -0.3 is 16.6 Å². The summed E-state index contributed by atoms with van der Waals surface area (Å²) in [5, 5.41) is 20.7. The summed E-state index contributed by atoms with van der Waals surface area (Å²) in [5.41, 5.74) is 9.81. The molecule has 0 saturated carbocycles. The fourth-order valence-corrected chi connectivity index (χ4v) is 0.421. The van der Waals surface area contributed by atoms with Gasteiger partial charge in [0, 0.05) is 6.42 Å². The van der Waals surface area contributed by atoms with Crippen LogP contribution < -0.4 is 11.5 Å². The molecule has 7 N–H and O–H groups in total. The fraction of sp³-hybridized carbons (Fsp3) is 0.600. The Hall–Kier alpha value is -1.90. The third-order valence-electron chi connectivity index (χ3n) is 1.02. The highest BCUT2D eigenvalue weighted by atomic mass is 16.9. The van der Waals surface area contributed by atoms with Gasteiger partial charge in [0.05, 0.1) is 0 Å². The molecule has 0 aliphatic rings. The molecule has 9 heteroatoms. The highest BCUT2D eigenvalue weighted by Crippen LogP contribution is 1.92. The van der Waals surface area contributed by atoms with Gasteiger partial charge in [-0.3, -0.25) is 9.59 Å². The second-order valence-corrected chi connectivity index (χ2v) is 2.20. The van der Waals surface area contributed by atoms with Gasteiger partial charge >= 0.3 is 11.1 Å². The normalized spacial score (nSPS) is 10.6. The van der Waals surface area contributed by atoms with Crippen LogP contribution in [0, 0.1) is 4.91 Å². The molecular formula is C5H12N3O6+. The van der Waals surface area contributed by atoms with E-state index in [9.17, 15) is 9.59 Å². The fourth-order valence-electron chi connectivity index (χ4n) is 0.421. The van der Waals surface area contributed by atoms with Gasteiger partial charge in [-0.1, -0.05) is 0 Å². The van der Waals surface area contributed by atoms with Crippen LogP contribution in [0.4, 0.5) is 0 Å². The molecule has 1 amide bonds. The Balaban J connectivity index is 0. The summed E-state index contributed by atoms with van der Waals surface area (Å²) in [5.74, 6) is -1.64. The maximum absolute atomic E-state index is 10.1. The SMILES string of the molecule is NC(=O)CCC(N)C(=O)O.O=[N+](O)O. The Labute approximate surface area is 78.4 Å². The predicted octanol–water partition coefficient (Wildman–Crippen LogP) is -1.79. The van der Waals surface area contributed by atoms with Crippen molar-refractivity contribution in [3.05, 3.63) is 4.91 Å². The zero-order chi connectivity index (χ0) is 11.7. The molecule has 0 aliphatic heterocycles. The Morgan fingerprint density at radius 1 is 1.36 bits per heavy atom. The van der Waals surface area contributed by atoms with Gasteiger partial charge in [0.15, 0.2) is 0 Å². The van der Waals surface area contributed by atoms with Gasteiger partial charge in [-0.2, -0.15) is 0 Å². The van der Waals surface area contributed by atoms with Crippen LogP contribution in [-0.4, -0.2) is 38.5 Å². The number of carboxylic acids is 1. The first kappa shape index (κ1) is 14.6. The number of hydrogen-bond acceptors (Lipinski definition) is 4. The number of primary amides is 1. The molecule has 1 atom stereocenters. The maximum atomic E-state index is 10.1. The van der Waals surface area contributed by atoms with Gasteiger partial charge in [-0.25, -0.2) is 10.4 Å². The van der Waals surface area contributed by atoms with Crippen LogP contribution in [0.5, 0.6) is 0 Å². The first-order valence-corrected chi connectivity index (χ1v) is 3.39. The van der Waals surface area contributed by atoms with Crippen LogP contribution in [0.25, 0.3) is 0 Å². The van der Waals surface area contributed by atoms with Crippen LogP contribution in [0.1, 0.15) is 12.8 Å². The lowest BCUT2D eigenvalue weighted by Crippen LogP contribution is -2.31. The van der Waals surface area contributed by atoms with Crippen LogP contribution in [0.15, 0.2) is 0 Å². The van der Waals surface area contributed by atoms with Gasteiger partial charge in [0.2, 0.25) is 5.91 Å². The van der Waals surface area contributed by atoms with Gasteiger partial charge in [0.1, 0.15) is 10.9 Å². The largest absolute Gasteiger partial charge is 0.480 e. The van der Waals surface area contributed by atoms with Crippen molar-refractivity contribution >= 4 is 11.9 Å². The number of hydrogen-bond donors (Lipinski definition) is 5. The van der Waals surface area contributed by atoms with Gasteiger partial charge in [0.25, 0.3) is 0 Å². The van der Waals surface area contributed by atoms with Crippen molar-refractivity contribution in [3.8, 4) is 0 Å². The molecule has 0 aromatic rings. The van der Waals surface area contributed by atoms with Crippen LogP contribution >= 0.6 is 0 Å². The Bertz CT molecular complexity index is 214. The van der Waals surface area contributed by atoms with Crippen molar-refractivity contribution in [2.24, 2.45) is 11.5 Å². The van der Waals surface area contributed by atoms with Crippen LogP contribution in [0.3, 0.4) is 0 Å². The average Bonchev–Trinajstić information content (AvgIpc) is 1.98. The van der Waals surface area contributed by atoms with E-state index in [0.717, 1.165) is 0 Å². The van der Waals surface area contributed by atoms with Crippen molar-refractivity contribution in [3.63, 3.8) is 0 Å². The minimum atomic E-state index is -1.25. The molecule has 9 nitrogen and oxygen atoms in total. The van der Waals surface area contributed by atoms with Crippen LogP contribution in [-0.2, 0) is 9.59 Å². The number of nitrogens with two attached hydrogens (primary N) is 2. The van der Waals surface area contributed by atoms with E-state index in [-0.39, 0.29) is 12.8 Å². The second-order valence-electron chi connectivity index (χ2n) is 2.20. The Morgan fingerprint density at radius 2 is 1.71 bits per heavy atom. The number of carboxylic acid groups (broad SMARTS) is 1. The lowest BCUT2D eigenvalue weighted by atomic mass is 10.2. The highest BCUT2D eigenvalue weighted by Gasteiger charge is 2.11. The van der Waals surface area contributed by atoms with Crippen molar-refractivity contribution in [2.75, 3.05) is 0 Å². The quantitative estimate of drug-likeness (QED) is 0.341. The highest BCUT2D eigenvalue weighted by molar-refractivity contribution is 5.76. The number of carbonyl (C=O) groups excluding carboxylic acids is 1. The van der Waals surface area contributed by atoms with E-state index < -0.39 is 23.0 Å². The zero-order valence-electron chi connectivity index (χ0n) is 7.16. The summed E-state index contributed by atoms with van der Waals surface area (Å²) >= 11 is 0. The van der Waals surface area contributed by atoms with E-state index in [0.29, 0.717) is 0 Å². The molecule has 0 rings (SSSR count). The number of rotatable bonds is 4. The third-order valence-corrected chi connectivity index (χ3v) is 1.02. The number of nitrogens with zero attached hydrogens (tertiary/aromatic N) is 1. The molecule has 0 saturated heterocycles. The van der Waals surface area contributed by atoms with E-state index in [1.807, 2.05) is 0 Å². The molecule has 0 radical (unpaired) electrons. The molecule has 0 bridgehead atoms. The predicted molar refractivity (Wildman–Crippen MR) is 41.2 cm³/mol. The summed E-state index contributed by atoms with van der Waals surface area (Å²) in [7, 11) is 0. The number of aliphatic carboxylic acids is 1. The second kappa shape index (κ2) is 7.73. The van der Waals surface area contributed by atoms with Gasteiger partial charge in [-0.15, -0.1) is 0 Å². The van der Waals surface area contributed by atoms with Crippen molar-refractivity contribution in [2.45, 2.75) is 18.9 Å². The first-order valence-electron chi connectivity index (χ1n) is 3.39. The minimum Gasteiger partial charge on any atom is -0.480 e. The summed E-state index contributed by atoms with van der Waals surface area (Å²) in [6, 6.07) is -0.979. The summed E-state index contributed by atoms with van der Waals surface area (Å²) in [6.45, 7) is 0. The van der Waals surface area contributed by atoms with Gasteiger partial charge in [-0.05, 0) is 6.42 Å². The molecular weight excluding hydrogens is 198 g/mol. The van der Waals surface area contributed by atoms with E-state index in [4.69, 9.17) is 31.9 Å². The standard InChI is InChI=1S/C5H10N2O3.H2NO3/c6-3(5(9)10)1-2-4(7)8;2-1(3)4/h3H,1-2,6H2,(H2,7,8)(H,9,10);(H2,2,3,4)/q;+1. The van der Waals surface area contributed by atoms with E-state index in [1.165, 1.54) is 0 Å². The molecule has 0 fully saturated rings. The van der Waals surface area contributed by atoms with Crippen LogP contribution in [0.2, 0.25) is 0 Å². The number of amides is 1. The van der Waals surface area contributed by atoms with Crippen molar-refractivity contribution in [1.82, 2.24) is 0 Å². The molecule has 0 aliphatic carbocycles. The smallest absolute Gasteiger partial charge is 0.472 e. The van der Waals surface area contributed by atoms with E-state index in [2.05, 4.69) is 0 Å². The summed E-state index contributed by atoms with van der Waals surface area (Å²) in [6.07, 6.45) is 0.123. The topological polar surface area (TPSA) is 167 Å². The summed E-state index contributed by atoms with van der Waals surface area (Å²) in [4.78, 5) is 28.6. The monoisotopic (exact) mass is 210 g/mol. The first-order chi connectivity index (χ1) is 6.27. The maximum Gasteiger partial charge on any atom is 0.472 e. The molecule has 0 aromatic carbocycles.